The molecular formula is C18H26INO3. The van der Waals surface area contributed by atoms with Crippen molar-refractivity contribution in [2.24, 2.45) is 17.6 Å². The van der Waals surface area contributed by atoms with E-state index in [1.165, 1.54) is 0 Å². The summed E-state index contributed by atoms with van der Waals surface area (Å²) in [6.07, 6.45) is 3.20. The molecule has 3 atom stereocenters. The molecule has 0 heterocycles. The topological polar surface area (TPSA) is 72.6 Å². The number of hydrogen-bond acceptors (Lipinski definition) is 3. The van der Waals surface area contributed by atoms with Gasteiger partial charge in [0.2, 0.25) is 0 Å². The number of ether oxygens (including phenoxy) is 1. The first-order chi connectivity index (χ1) is 10.8. The van der Waals surface area contributed by atoms with Gasteiger partial charge >= 0.3 is 6.09 Å². The first-order valence-electron chi connectivity index (χ1n) is 8.28. The number of aliphatic hydroxyl groups is 1. The van der Waals surface area contributed by atoms with Gasteiger partial charge in [0.1, 0.15) is 6.10 Å². The Kier molecular flexibility index (Phi) is 6.31. The zero-order valence-electron chi connectivity index (χ0n) is 13.8. The van der Waals surface area contributed by atoms with Crippen LogP contribution in [0.3, 0.4) is 0 Å². The van der Waals surface area contributed by atoms with E-state index in [9.17, 15) is 9.90 Å². The van der Waals surface area contributed by atoms with E-state index in [0.29, 0.717) is 12.3 Å². The summed E-state index contributed by atoms with van der Waals surface area (Å²) in [4.78, 5) is 11.3. The number of primary amides is 1. The molecule has 1 aromatic rings. The van der Waals surface area contributed by atoms with Crippen molar-refractivity contribution < 1.29 is 14.6 Å². The van der Waals surface area contributed by atoms with Crippen molar-refractivity contribution in [2.75, 3.05) is 0 Å². The van der Waals surface area contributed by atoms with Crippen LogP contribution in [0.2, 0.25) is 0 Å². The average molecular weight is 431 g/mol. The van der Waals surface area contributed by atoms with Crippen molar-refractivity contribution in [1.82, 2.24) is 0 Å². The summed E-state index contributed by atoms with van der Waals surface area (Å²) >= 11 is 2.27. The van der Waals surface area contributed by atoms with E-state index in [1.54, 1.807) is 0 Å². The number of nitrogens with two attached hydrogens (primary N) is 1. The van der Waals surface area contributed by atoms with Crippen LogP contribution in [0.4, 0.5) is 4.79 Å². The molecule has 1 saturated carbocycles. The Bertz CT molecular complexity index is 549. The maximum Gasteiger partial charge on any atom is 0.404 e. The molecule has 0 bridgehead atoms. The SMILES string of the molecule is CC(C)CC(O)(c1ccccc1I)[C@H]1CCCC[C@@H]1OC(N)=O. The van der Waals surface area contributed by atoms with Crippen LogP contribution in [-0.4, -0.2) is 17.3 Å². The van der Waals surface area contributed by atoms with Crippen LogP contribution in [0.1, 0.15) is 51.5 Å². The molecule has 4 nitrogen and oxygen atoms in total. The van der Waals surface area contributed by atoms with E-state index in [2.05, 4.69) is 36.4 Å². The Labute approximate surface area is 151 Å². The standard InChI is InChI=1S/C18H26INO3/c1-12(2)11-18(22,13-7-3-5-9-15(13)19)14-8-4-6-10-16(14)23-17(20)21/h3,5,7,9,12,14,16,22H,4,6,8,10-11H2,1-2H3,(H2,20,21)/t14-,16-,18?/m0/s1. The third kappa shape index (κ3) is 4.38. The first-order valence-corrected chi connectivity index (χ1v) is 9.36. The number of benzene rings is 1. The predicted molar refractivity (Wildman–Crippen MR) is 98.9 cm³/mol. The summed E-state index contributed by atoms with van der Waals surface area (Å²) in [5, 5.41) is 11.7. The van der Waals surface area contributed by atoms with E-state index < -0.39 is 11.7 Å². The van der Waals surface area contributed by atoms with E-state index in [4.69, 9.17) is 10.5 Å². The predicted octanol–water partition coefficient (Wildman–Crippen LogP) is 4.18. The summed E-state index contributed by atoms with van der Waals surface area (Å²) in [5.74, 6) is 0.203. The second-order valence-corrected chi connectivity index (χ2v) is 8.03. The van der Waals surface area contributed by atoms with Crippen molar-refractivity contribution >= 4 is 28.7 Å². The highest BCUT2D eigenvalue weighted by Gasteiger charge is 2.46. The molecule has 1 aliphatic carbocycles. The molecule has 1 amide bonds. The maximum absolute atomic E-state index is 11.7. The molecule has 1 aromatic carbocycles. The number of hydrogen-bond donors (Lipinski definition) is 2. The third-order valence-electron chi connectivity index (χ3n) is 4.64. The van der Waals surface area contributed by atoms with E-state index in [0.717, 1.165) is 34.8 Å². The zero-order valence-corrected chi connectivity index (χ0v) is 16.0. The molecule has 0 aromatic heterocycles. The minimum atomic E-state index is -1.01. The molecular weight excluding hydrogens is 405 g/mol. The van der Waals surface area contributed by atoms with Gasteiger partial charge in [0.05, 0.1) is 5.60 Å². The van der Waals surface area contributed by atoms with E-state index in [1.807, 2.05) is 24.3 Å². The smallest absolute Gasteiger partial charge is 0.404 e. The lowest BCUT2D eigenvalue weighted by Gasteiger charge is -2.44. The highest BCUT2D eigenvalue weighted by Crippen LogP contribution is 2.45. The van der Waals surface area contributed by atoms with Crippen LogP contribution in [0.15, 0.2) is 24.3 Å². The Morgan fingerprint density at radius 3 is 2.65 bits per heavy atom. The number of carbonyl (C=O) groups is 1. The van der Waals surface area contributed by atoms with Gasteiger partial charge in [-0.3, -0.25) is 0 Å². The maximum atomic E-state index is 11.7. The zero-order chi connectivity index (χ0) is 17.0. The average Bonchev–Trinajstić information content (AvgIpc) is 2.46. The van der Waals surface area contributed by atoms with Crippen LogP contribution in [0.5, 0.6) is 0 Å². The summed E-state index contributed by atoms with van der Waals surface area (Å²) in [7, 11) is 0. The number of amides is 1. The summed E-state index contributed by atoms with van der Waals surface area (Å²) in [6.45, 7) is 4.21. The van der Waals surface area contributed by atoms with Gasteiger partial charge in [-0.15, -0.1) is 0 Å². The molecule has 23 heavy (non-hydrogen) atoms. The molecule has 0 aliphatic heterocycles. The molecule has 128 valence electrons. The largest absolute Gasteiger partial charge is 0.446 e. The lowest BCUT2D eigenvalue weighted by atomic mass is 9.68. The van der Waals surface area contributed by atoms with Gasteiger partial charge in [0.25, 0.3) is 0 Å². The van der Waals surface area contributed by atoms with Gasteiger partial charge in [0, 0.05) is 9.49 Å². The minimum Gasteiger partial charge on any atom is -0.446 e. The Morgan fingerprint density at radius 1 is 1.39 bits per heavy atom. The van der Waals surface area contributed by atoms with Crippen molar-refractivity contribution in [3.8, 4) is 0 Å². The summed E-state index contributed by atoms with van der Waals surface area (Å²) < 4.78 is 6.41. The number of rotatable bonds is 5. The number of carbonyl (C=O) groups excluding carboxylic acids is 1. The molecule has 2 rings (SSSR count). The molecule has 1 fully saturated rings. The molecule has 0 saturated heterocycles. The normalized spacial score (nSPS) is 24.2. The third-order valence-corrected chi connectivity index (χ3v) is 5.58. The van der Waals surface area contributed by atoms with Crippen molar-refractivity contribution in [3.63, 3.8) is 0 Å². The fourth-order valence-corrected chi connectivity index (χ4v) is 4.68. The minimum absolute atomic E-state index is 0.123. The summed E-state index contributed by atoms with van der Waals surface area (Å²) in [6, 6.07) is 7.92. The fourth-order valence-electron chi connectivity index (χ4n) is 3.83. The molecule has 1 aliphatic rings. The van der Waals surface area contributed by atoms with Crippen LogP contribution in [0.25, 0.3) is 0 Å². The molecule has 5 heteroatoms. The number of halogens is 1. The Balaban J connectivity index is 2.43. The molecule has 1 unspecified atom stereocenters. The van der Waals surface area contributed by atoms with Crippen LogP contribution >= 0.6 is 22.6 Å². The van der Waals surface area contributed by atoms with Gasteiger partial charge in [-0.1, -0.05) is 38.5 Å². The van der Waals surface area contributed by atoms with Gasteiger partial charge < -0.3 is 15.6 Å². The highest BCUT2D eigenvalue weighted by atomic mass is 127. The molecule has 0 spiro atoms. The van der Waals surface area contributed by atoms with Crippen molar-refractivity contribution in [1.29, 1.82) is 0 Å². The van der Waals surface area contributed by atoms with Crippen molar-refractivity contribution in [2.45, 2.75) is 57.7 Å². The van der Waals surface area contributed by atoms with Crippen LogP contribution in [0, 0.1) is 15.4 Å². The van der Waals surface area contributed by atoms with Gasteiger partial charge in [0.15, 0.2) is 0 Å². The Hall–Kier alpha value is -0.820. The second kappa shape index (κ2) is 7.83. The molecule has 3 N–H and O–H groups in total. The van der Waals surface area contributed by atoms with Crippen LogP contribution < -0.4 is 5.73 Å². The lowest BCUT2D eigenvalue weighted by molar-refractivity contribution is -0.106. The fraction of sp³-hybridized carbons (Fsp3) is 0.611. The van der Waals surface area contributed by atoms with Gasteiger partial charge in [-0.05, 0) is 65.8 Å². The van der Waals surface area contributed by atoms with Gasteiger partial charge in [-0.25, -0.2) is 4.79 Å². The second-order valence-electron chi connectivity index (χ2n) is 6.87. The first kappa shape index (κ1) is 18.5. The highest BCUT2D eigenvalue weighted by molar-refractivity contribution is 14.1. The quantitative estimate of drug-likeness (QED) is 0.688. The molecule has 0 radical (unpaired) electrons. The van der Waals surface area contributed by atoms with E-state index in [-0.39, 0.29) is 12.0 Å². The summed E-state index contributed by atoms with van der Waals surface area (Å²) in [5.41, 5.74) is 5.18. The van der Waals surface area contributed by atoms with Crippen LogP contribution in [-0.2, 0) is 10.3 Å². The monoisotopic (exact) mass is 431 g/mol. The van der Waals surface area contributed by atoms with Crippen molar-refractivity contribution in [3.05, 3.63) is 33.4 Å². The van der Waals surface area contributed by atoms with E-state index >= 15 is 0 Å². The lowest BCUT2D eigenvalue weighted by Crippen LogP contribution is -2.47. The van der Waals surface area contributed by atoms with Gasteiger partial charge in [-0.2, -0.15) is 0 Å². The Morgan fingerprint density at radius 2 is 2.04 bits per heavy atom.